The Morgan fingerprint density at radius 2 is 2.16 bits per heavy atom. The molecule has 1 aliphatic carbocycles. The van der Waals surface area contributed by atoms with E-state index in [1.54, 1.807) is 6.07 Å². The molecular formula is C14H18Cl2N2O. The van der Waals surface area contributed by atoms with E-state index in [9.17, 15) is 4.79 Å². The van der Waals surface area contributed by atoms with Crippen molar-refractivity contribution >= 4 is 29.1 Å². The average molecular weight is 301 g/mol. The van der Waals surface area contributed by atoms with Crippen LogP contribution >= 0.6 is 23.2 Å². The summed E-state index contributed by atoms with van der Waals surface area (Å²) in [5.74, 6) is 0.0788. The molecule has 5 heteroatoms. The van der Waals surface area contributed by atoms with Gasteiger partial charge in [-0.15, -0.1) is 0 Å². The highest BCUT2D eigenvalue weighted by Gasteiger charge is 2.27. The van der Waals surface area contributed by atoms with E-state index in [2.05, 4.69) is 5.32 Å². The Labute approximate surface area is 123 Å². The van der Waals surface area contributed by atoms with Gasteiger partial charge in [-0.2, -0.15) is 0 Å². The monoisotopic (exact) mass is 300 g/mol. The highest BCUT2D eigenvalue weighted by Crippen LogP contribution is 2.23. The molecule has 2 rings (SSSR count). The second kappa shape index (κ2) is 6.12. The van der Waals surface area contributed by atoms with Gasteiger partial charge in [0.1, 0.15) is 0 Å². The van der Waals surface area contributed by atoms with Gasteiger partial charge in [0.05, 0.1) is 6.04 Å². The molecule has 1 amide bonds. The normalized spacial score (nSPS) is 16.5. The Morgan fingerprint density at radius 3 is 2.74 bits per heavy atom. The van der Waals surface area contributed by atoms with Gasteiger partial charge >= 0.3 is 0 Å². The standard InChI is InChI=1S/C14H18Cl2N2O/c1-9(14(19)17-12-5-6-12)18(2)8-10-3-4-11(15)7-13(10)16/h3-4,7,9,12H,5-6,8H2,1-2H3,(H,17,19)/t9-/m0/s1. The fourth-order valence-corrected chi connectivity index (χ4v) is 2.27. The lowest BCUT2D eigenvalue weighted by Gasteiger charge is -2.24. The molecule has 0 spiro atoms. The number of amides is 1. The van der Waals surface area contributed by atoms with Crippen molar-refractivity contribution in [3.05, 3.63) is 33.8 Å². The van der Waals surface area contributed by atoms with Crippen molar-refractivity contribution in [2.75, 3.05) is 7.05 Å². The van der Waals surface area contributed by atoms with Crippen LogP contribution in [0.15, 0.2) is 18.2 Å². The second-order valence-electron chi connectivity index (χ2n) is 5.11. The second-order valence-corrected chi connectivity index (χ2v) is 5.95. The van der Waals surface area contributed by atoms with E-state index in [0.29, 0.717) is 22.6 Å². The first-order valence-corrected chi connectivity index (χ1v) is 7.17. The zero-order valence-electron chi connectivity index (χ0n) is 11.1. The minimum absolute atomic E-state index is 0.0788. The van der Waals surface area contributed by atoms with Crippen molar-refractivity contribution in [1.82, 2.24) is 10.2 Å². The molecule has 1 saturated carbocycles. The van der Waals surface area contributed by atoms with Crippen molar-refractivity contribution in [3.8, 4) is 0 Å². The number of carbonyl (C=O) groups excluding carboxylic acids is 1. The fraction of sp³-hybridized carbons (Fsp3) is 0.500. The maximum atomic E-state index is 12.0. The predicted molar refractivity (Wildman–Crippen MR) is 78.6 cm³/mol. The van der Waals surface area contributed by atoms with E-state index >= 15 is 0 Å². The van der Waals surface area contributed by atoms with Crippen LogP contribution in [-0.2, 0) is 11.3 Å². The van der Waals surface area contributed by atoms with E-state index in [1.165, 1.54) is 0 Å². The minimum atomic E-state index is -0.174. The van der Waals surface area contributed by atoms with Gasteiger partial charge in [0, 0.05) is 22.6 Å². The molecule has 3 nitrogen and oxygen atoms in total. The number of carbonyl (C=O) groups is 1. The topological polar surface area (TPSA) is 32.3 Å². The Morgan fingerprint density at radius 1 is 1.47 bits per heavy atom. The lowest BCUT2D eigenvalue weighted by Crippen LogP contribution is -2.43. The maximum Gasteiger partial charge on any atom is 0.237 e. The summed E-state index contributed by atoms with van der Waals surface area (Å²) in [6.07, 6.45) is 2.20. The molecule has 19 heavy (non-hydrogen) atoms. The molecule has 1 aromatic rings. The smallest absolute Gasteiger partial charge is 0.237 e. The number of nitrogens with one attached hydrogen (secondary N) is 1. The van der Waals surface area contributed by atoms with Gasteiger partial charge in [0.2, 0.25) is 5.91 Å². The van der Waals surface area contributed by atoms with Gasteiger partial charge < -0.3 is 5.32 Å². The third-order valence-electron chi connectivity index (χ3n) is 3.40. The maximum absolute atomic E-state index is 12.0. The van der Waals surface area contributed by atoms with Gasteiger partial charge in [0.25, 0.3) is 0 Å². The van der Waals surface area contributed by atoms with Gasteiger partial charge in [-0.25, -0.2) is 0 Å². The van der Waals surface area contributed by atoms with Crippen molar-refractivity contribution in [1.29, 1.82) is 0 Å². The molecule has 1 atom stereocenters. The van der Waals surface area contributed by atoms with Crippen LogP contribution in [0.1, 0.15) is 25.3 Å². The summed E-state index contributed by atoms with van der Waals surface area (Å²) in [6.45, 7) is 2.52. The lowest BCUT2D eigenvalue weighted by molar-refractivity contribution is -0.125. The Bertz CT molecular complexity index is 475. The minimum Gasteiger partial charge on any atom is -0.352 e. The van der Waals surface area contributed by atoms with Crippen LogP contribution in [0.5, 0.6) is 0 Å². The molecule has 1 aromatic carbocycles. The molecule has 104 valence electrons. The number of benzene rings is 1. The summed E-state index contributed by atoms with van der Waals surface area (Å²) >= 11 is 12.0. The third kappa shape index (κ3) is 4.10. The van der Waals surface area contributed by atoms with Crippen molar-refractivity contribution in [3.63, 3.8) is 0 Å². The lowest BCUT2D eigenvalue weighted by atomic mass is 10.2. The molecule has 0 saturated heterocycles. The fourth-order valence-electron chi connectivity index (χ4n) is 1.81. The van der Waals surface area contributed by atoms with Crippen molar-refractivity contribution < 1.29 is 4.79 Å². The highest BCUT2D eigenvalue weighted by atomic mass is 35.5. The molecular weight excluding hydrogens is 283 g/mol. The molecule has 0 bridgehead atoms. The number of nitrogens with zero attached hydrogens (tertiary/aromatic N) is 1. The largest absolute Gasteiger partial charge is 0.352 e. The van der Waals surface area contributed by atoms with Crippen LogP contribution in [-0.4, -0.2) is 29.9 Å². The van der Waals surface area contributed by atoms with E-state index in [0.717, 1.165) is 18.4 Å². The summed E-state index contributed by atoms with van der Waals surface area (Å²) in [5, 5.41) is 4.26. The number of halogens is 2. The van der Waals surface area contributed by atoms with E-state index in [1.807, 2.05) is 31.0 Å². The Hall–Kier alpha value is -0.770. The molecule has 0 aromatic heterocycles. The van der Waals surface area contributed by atoms with E-state index in [4.69, 9.17) is 23.2 Å². The van der Waals surface area contributed by atoms with Gasteiger partial charge in [-0.05, 0) is 44.5 Å². The van der Waals surface area contributed by atoms with Crippen LogP contribution < -0.4 is 5.32 Å². The highest BCUT2D eigenvalue weighted by molar-refractivity contribution is 6.35. The van der Waals surface area contributed by atoms with Crippen LogP contribution in [0.4, 0.5) is 0 Å². The first-order chi connectivity index (χ1) is 8.97. The zero-order chi connectivity index (χ0) is 14.0. The molecule has 0 unspecified atom stereocenters. The zero-order valence-corrected chi connectivity index (χ0v) is 12.6. The van der Waals surface area contributed by atoms with Crippen molar-refractivity contribution in [2.24, 2.45) is 0 Å². The summed E-state index contributed by atoms with van der Waals surface area (Å²) in [4.78, 5) is 13.9. The summed E-state index contributed by atoms with van der Waals surface area (Å²) in [6, 6.07) is 5.65. The summed E-state index contributed by atoms with van der Waals surface area (Å²) in [7, 11) is 1.92. The van der Waals surface area contributed by atoms with Crippen LogP contribution in [0, 0.1) is 0 Å². The number of likely N-dealkylation sites (N-methyl/N-ethyl adjacent to an activating group) is 1. The average Bonchev–Trinajstić information content (AvgIpc) is 3.15. The van der Waals surface area contributed by atoms with Crippen LogP contribution in [0.3, 0.4) is 0 Å². The third-order valence-corrected chi connectivity index (χ3v) is 3.99. The van der Waals surface area contributed by atoms with Crippen molar-refractivity contribution in [2.45, 2.75) is 38.4 Å². The Balaban J connectivity index is 1.94. The van der Waals surface area contributed by atoms with E-state index in [-0.39, 0.29) is 11.9 Å². The number of hydrogen-bond acceptors (Lipinski definition) is 2. The van der Waals surface area contributed by atoms with Crippen LogP contribution in [0.25, 0.3) is 0 Å². The molecule has 0 heterocycles. The Kier molecular flexibility index (Phi) is 4.71. The number of rotatable bonds is 5. The molecule has 1 aliphatic rings. The summed E-state index contributed by atoms with van der Waals surface area (Å²) < 4.78 is 0. The van der Waals surface area contributed by atoms with Gasteiger partial charge in [-0.1, -0.05) is 29.3 Å². The summed E-state index contributed by atoms with van der Waals surface area (Å²) in [5.41, 5.74) is 0.972. The van der Waals surface area contributed by atoms with Gasteiger partial charge in [0.15, 0.2) is 0 Å². The van der Waals surface area contributed by atoms with Gasteiger partial charge in [-0.3, -0.25) is 9.69 Å². The first kappa shape index (κ1) is 14.6. The van der Waals surface area contributed by atoms with Crippen LogP contribution in [0.2, 0.25) is 10.0 Å². The predicted octanol–water partition coefficient (Wildman–Crippen LogP) is 3.09. The van der Waals surface area contributed by atoms with E-state index < -0.39 is 0 Å². The molecule has 0 radical (unpaired) electrons. The number of hydrogen-bond donors (Lipinski definition) is 1. The molecule has 1 fully saturated rings. The quantitative estimate of drug-likeness (QED) is 0.906. The first-order valence-electron chi connectivity index (χ1n) is 6.42. The molecule has 1 N–H and O–H groups in total. The molecule has 0 aliphatic heterocycles. The SMILES string of the molecule is C[C@@H](C(=O)NC1CC1)N(C)Cc1ccc(Cl)cc1Cl.